The number of hydrogen-bond acceptors (Lipinski definition) is 15. The highest BCUT2D eigenvalue weighted by atomic mass is 16.7. The molecule has 5 rings (SSSR count). The Bertz CT molecular complexity index is 1390. The van der Waals surface area contributed by atoms with Crippen molar-refractivity contribution in [1.29, 1.82) is 0 Å². The molecule has 228 valence electrons. The van der Waals surface area contributed by atoms with E-state index in [2.05, 4.69) is 0 Å². The number of aliphatic hydroxyl groups is 6. The van der Waals surface area contributed by atoms with Crippen molar-refractivity contribution in [1.82, 2.24) is 0 Å². The van der Waals surface area contributed by atoms with E-state index < -0.39 is 85.0 Å². The third kappa shape index (κ3) is 4.88. The first-order valence-corrected chi connectivity index (χ1v) is 12.9. The Morgan fingerprint density at radius 2 is 1.45 bits per heavy atom. The maximum absolute atomic E-state index is 13.4. The van der Waals surface area contributed by atoms with Crippen molar-refractivity contribution in [3.8, 4) is 23.0 Å². The van der Waals surface area contributed by atoms with E-state index in [0.717, 1.165) is 6.07 Å². The fourth-order valence-corrected chi connectivity index (χ4v) is 5.09. The highest BCUT2D eigenvalue weighted by Crippen LogP contribution is 2.44. The topological polar surface area (TPSA) is 242 Å². The van der Waals surface area contributed by atoms with Gasteiger partial charge in [0.1, 0.15) is 54.2 Å². The van der Waals surface area contributed by atoms with Gasteiger partial charge in [0.15, 0.2) is 29.4 Å². The van der Waals surface area contributed by atoms with E-state index in [1.54, 1.807) is 0 Å². The van der Waals surface area contributed by atoms with E-state index in [4.69, 9.17) is 23.7 Å². The summed E-state index contributed by atoms with van der Waals surface area (Å²) in [6, 6.07) is 3.71. The van der Waals surface area contributed by atoms with Crippen molar-refractivity contribution >= 4 is 11.6 Å². The first-order valence-electron chi connectivity index (χ1n) is 12.9. The quantitative estimate of drug-likeness (QED) is 0.151. The van der Waals surface area contributed by atoms with Crippen LogP contribution in [0.4, 0.5) is 0 Å². The summed E-state index contributed by atoms with van der Waals surface area (Å²) in [6.07, 6.45) is -14.4. The van der Waals surface area contributed by atoms with Gasteiger partial charge in [-0.05, 0) is 25.1 Å². The van der Waals surface area contributed by atoms with Gasteiger partial charge in [0, 0.05) is 16.7 Å². The monoisotopic (exact) mass is 594 g/mol. The Morgan fingerprint density at radius 3 is 2.14 bits per heavy atom. The predicted octanol–water partition coefficient (Wildman–Crippen LogP) is -2.17. The van der Waals surface area contributed by atoms with Gasteiger partial charge < -0.3 is 64.5 Å². The van der Waals surface area contributed by atoms with E-state index in [9.17, 15) is 50.4 Å². The molecule has 2 heterocycles. The summed E-state index contributed by atoms with van der Waals surface area (Å²) in [7, 11) is 1.27. The van der Waals surface area contributed by atoms with Gasteiger partial charge in [-0.1, -0.05) is 0 Å². The van der Waals surface area contributed by atoms with Gasteiger partial charge >= 0.3 is 0 Å². The van der Waals surface area contributed by atoms with Crippen LogP contribution in [-0.4, -0.2) is 128 Å². The van der Waals surface area contributed by atoms with Crippen molar-refractivity contribution in [2.24, 2.45) is 0 Å². The third-order valence-electron chi connectivity index (χ3n) is 7.60. The van der Waals surface area contributed by atoms with E-state index in [0.29, 0.717) is 0 Å². The first-order chi connectivity index (χ1) is 19.9. The van der Waals surface area contributed by atoms with Crippen molar-refractivity contribution < 1.29 is 74.1 Å². The largest absolute Gasteiger partial charge is 0.507 e. The number of ketones is 2. The zero-order valence-electron chi connectivity index (χ0n) is 22.3. The summed E-state index contributed by atoms with van der Waals surface area (Å²) < 4.78 is 26.9. The van der Waals surface area contributed by atoms with E-state index in [-0.39, 0.29) is 45.9 Å². The van der Waals surface area contributed by atoms with Gasteiger partial charge in [-0.2, -0.15) is 0 Å². The lowest BCUT2D eigenvalue weighted by Crippen LogP contribution is -2.61. The standard InChI is InChI=1S/C27H30O15/c1-8-13(5-10-16(17(8)29)18(30)9-3-4-12(38-2)21(33)15(9)19(10)31)41-27-25(37)23(35)22(34)14(42-27)7-40-26-24(36)20(32)11(28)6-39-26/h3-5,11,14,20,22-29,32-37H,6-7H2,1-2H3/t11-,14-,20+,22-,23+,24-,25-,26+,27-/m1/s1. The number of aliphatic hydroxyl groups excluding tert-OH is 6. The van der Waals surface area contributed by atoms with Crippen LogP contribution >= 0.6 is 0 Å². The number of phenols is 2. The Kier molecular flexibility index (Phi) is 8.14. The Balaban J connectivity index is 1.40. The molecule has 2 aromatic carbocycles. The number of fused-ring (bicyclic) bond motifs is 2. The van der Waals surface area contributed by atoms with Crippen LogP contribution < -0.4 is 9.47 Å². The van der Waals surface area contributed by atoms with Crippen LogP contribution in [0.5, 0.6) is 23.0 Å². The van der Waals surface area contributed by atoms with Crippen molar-refractivity contribution in [2.75, 3.05) is 20.3 Å². The minimum Gasteiger partial charge on any atom is -0.507 e. The lowest BCUT2D eigenvalue weighted by molar-refractivity contribution is -0.307. The zero-order chi connectivity index (χ0) is 30.6. The molecule has 0 radical (unpaired) electrons. The molecule has 0 spiro atoms. The second-order valence-electron chi connectivity index (χ2n) is 10.2. The second kappa shape index (κ2) is 11.4. The number of ether oxygens (including phenoxy) is 5. The molecular weight excluding hydrogens is 564 g/mol. The molecule has 42 heavy (non-hydrogen) atoms. The van der Waals surface area contributed by atoms with E-state index >= 15 is 0 Å². The molecule has 0 unspecified atom stereocenters. The van der Waals surface area contributed by atoms with Crippen LogP contribution in [0.2, 0.25) is 0 Å². The van der Waals surface area contributed by atoms with Crippen LogP contribution in [0.3, 0.4) is 0 Å². The zero-order valence-corrected chi connectivity index (χ0v) is 22.3. The highest BCUT2D eigenvalue weighted by molar-refractivity contribution is 6.30. The van der Waals surface area contributed by atoms with Crippen LogP contribution in [-0.2, 0) is 14.2 Å². The first kappa shape index (κ1) is 30.1. The summed E-state index contributed by atoms with van der Waals surface area (Å²) in [5.74, 6) is -3.00. The van der Waals surface area contributed by atoms with Gasteiger partial charge in [-0.15, -0.1) is 0 Å². The number of phenolic OH excluding ortho intramolecular Hbond substituents is 2. The molecule has 1 aliphatic carbocycles. The molecule has 15 heteroatoms. The van der Waals surface area contributed by atoms with Gasteiger partial charge in [0.05, 0.1) is 31.5 Å². The molecule has 9 atom stereocenters. The number of benzene rings is 2. The lowest BCUT2D eigenvalue weighted by atomic mass is 9.82. The number of rotatable bonds is 6. The average Bonchev–Trinajstić information content (AvgIpc) is 2.97. The van der Waals surface area contributed by atoms with Crippen LogP contribution in [0.1, 0.15) is 37.4 Å². The number of carbonyl (C=O) groups excluding carboxylic acids is 2. The highest BCUT2D eigenvalue weighted by Gasteiger charge is 2.47. The van der Waals surface area contributed by atoms with E-state index in [1.165, 1.54) is 26.2 Å². The maximum Gasteiger partial charge on any atom is 0.229 e. The Labute approximate surface area is 237 Å². The molecule has 0 saturated carbocycles. The molecule has 15 nitrogen and oxygen atoms in total. The van der Waals surface area contributed by atoms with E-state index in [1.807, 2.05) is 0 Å². The number of methoxy groups -OCH3 is 1. The van der Waals surface area contributed by atoms with Crippen LogP contribution in [0, 0.1) is 6.92 Å². The summed E-state index contributed by atoms with van der Waals surface area (Å²) in [5, 5.41) is 82.4. The summed E-state index contributed by atoms with van der Waals surface area (Å²) in [4.78, 5) is 26.6. The van der Waals surface area contributed by atoms with Crippen molar-refractivity contribution in [3.05, 3.63) is 46.0 Å². The van der Waals surface area contributed by atoms with Gasteiger partial charge in [0.2, 0.25) is 6.29 Å². The Hall–Kier alpha value is -3.38. The van der Waals surface area contributed by atoms with Crippen LogP contribution in [0.25, 0.3) is 0 Å². The second-order valence-corrected chi connectivity index (χ2v) is 10.2. The molecule has 8 N–H and O–H groups in total. The SMILES string of the molecule is COc1ccc2c(c1O)C(=O)c1cc(O[C@@H]3O[C@H](CO[C@@H]4OC[C@@H](O)[C@H](O)[C@H]4O)[C@@H](O)[C@H](O)[C@H]3O)c(C)c(O)c1C2=O. The minimum absolute atomic E-state index is 0.0217. The van der Waals surface area contributed by atoms with Crippen molar-refractivity contribution in [2.45, 2.75) is 62.2 Å². The summed E-state index contributed by atoms with van der Waals surface area (Å²) in [6.45, 7) is 0.488. The van der Waals surface area contributed by atoms with Gasteiger partial charge in [-0.3, -0.25) is 9.59 Å². The number of carbonyl (C=O) groups is 2. The normalized spacial score (nSPS) is 32.7. The number of hydrogen-bond donors (Lipinski definition) is 8. The third-order valence-corrected chi connectivity index (χ3v) is 7.60. The molecule has 2 fully saturated rings. The van der Waals surface area contributed by atoms with Crippen molar-refractivity contribution in [3.63, 3.8) is 0 Å². The molecule has 0 amide bonds. The molecule has 3 aliphatic rings. The summed E-state index contributed by atoms with van der Waals surface area (Å²) in [5.41, 5.74) is -1.15. The lowest BCUT2D eigenvalue weighted by Gasteiger charge is -2.41. The van der Waals surface area contributed by atoms with Gasteiger partial charge in [-0.25, -0.2) is 0 Å². The van der Waals surface area contributed by atoms with Crippen LogP contribution in [0.15, 0.2) is 18.2 Å². The molecule has 0 bridgehead atoms. The predicted molar refractivity (Wildman–Crippen MR) is 135 cm³/mol. The molecule has 2 aliphatic heterocycles. The smallest absolute Gasteiger partial charge is 0.229 e. The molecule has 0 aromatic heterocycles. The van der Waals surface area contributed by atoms with Gasteiger partial charge in [0.25, 0.3) is 0 Å². The summed E-state index contributed by atoms with van der Waals surface area (Å²) >= 11 is 0. The average molecular weight is 595 g/mol. The molecule has 2 saturated heterocycles. The molecular formula is C27H30O15. The Morgan fingerprint density at radius 1 is 0.810 bits per heavy atom. The fourth-order valence-electron chi connectivity index (χ4n) is 5.09. The number of aromatic hydroxyl groups is 2. The minimum atomic E-state index is -1.84. The fraction of sp³-hybridized carbons (Fsp3) is 0.481. The molecule has 2 aromatic rings. The maximum atomic E-state index is 13.4.